The molecule has 0 bridgehead atoms. The highest BCUT2D eigenvalue weighted by Gasteiger charge is 2.00. The molecular weight excluding hydrogens is 174 g/mol. The van der Waals surface area contributed by atoms with Crippen molar-refractivity contribution in [3.63, 3.8) is 0 Å². The van der Waals surface area contributed by atoms with Gasteiger partial charge in [0.2, 0.25) is 0 Å². The normalized spacial score (nSPS) is 12.1. The van der Waals surface area contributed by atoms with E-state index >= 15 is 0 Å². The van der Waals surface area contributed by atoms with Crippen molar-refractivity contribution in [3.8, 4) is 5.75 Å². The van der Waals surface area contributed by atoms with E-state index in [1.165, 1.54) is 5.57 Å². The Morgan fingerprint density at radius 2 is 1.93 bits per heavy atom. The van der Waals surface area contributed by atoms with Gasteiger partial charge in [-0.15, -0.1) is 0 Å². The first-order valence-corrected chi connectivity index (χ1v) is 4.83. The summed E-state index contributed by atoms with van der Waals surface area (Å²) in [7, 11) is 0. The van der Waals surface area contributed by atoms with Gasteiger partial charge >= 0.3 is 0 Å². The van der Waals surface area contributed by atoms with Gasteiger partial charge in [-0.3, -0.25) is 0 Å². The van der Waals surface area contributed by atoms with E-state index < -0.39 is 0 Å². The number of benzene rings is 1. The molecule has 0 amide bonds. The van der Waals surface area contributed by atoms with Crippen LogP contribution in [0.2, 0.25) is 0 Å². The third kappa shape index (κ3) is 2.89. The number of phenolic OH excluding ortho intramolecular Hbond substituents is 1. The first-order valence-electron chi connectivity index (χ1n) is 4.83. The van der Waals surface area contributed by atoms with E-state index in [4.69, 9.17) is 10.8 Å². The molecule has 0 heterocycles. The van der Waals surface area contributed by atoms with Crippen molar-refractivity contribution < 1.29 is 5.11 Å². The minimum absolute atomic E-state index is 0.293. The summed E-state index contributed by atoms with van der Waals surface area (Å²) >= 11 is 0. The van der Waals surface area contributed by atoms with Crippen molar-refractivity contribution in [2.75, 3.05) is 6.54 Å². The summed E-state index contributed by atoms with van der Waals surface area (Å²) in [5.41, 5.74) is 7.93. The lowest BCUT2D eigenvalue weighted by Crippen LogP contribution is -2.08. The van der Waals surface area contributed by atoms with Gasteiger partial charge in [0.1, 0.15) is 5.75 Å². The van der Waals surface area contributed by atoms with E-state index in [0.29, 0.717) is 18.2 Å². The SMILES string of the molecule is CC(C)/C(=C/c1ccc(O)cc1)CN. The molecule has 0 aliphatic heterocycles. The Kier molecular flexibility index (Phi) is 3.72. The van der Waals surface area contributed by atoms with Gasteiger partial charge in [-0.2, -0.15) is 0 Å². The van der Waals surface area contributed by atoms with Crippen LogP contribution < -0.4 is 5.73 Å². The summed E-state index contributed by atoms with van der Waals surface area (Å²) in [6.45, 7) is 4.83. The lowest BCUT2D eigenvalue weighted by atomic mass is 10.0. The van der Waals surface area contributed by atoms with E-state index in [1.807, 2.05) is 12.1 Å². The molecule has 0 saturated carbocycles. The number of aromatic hydroxyl groups is 1. The molecule has 76 valence electrons. The van der Waals surface area contributed by atoms with Crippen molar-refractivity contribution in [1.82, 2.24) is 0 Å². The Morgan fingerprint density at radius 1 is 1.36 bits per heavy atom. The third-order valence-corrected chi connectivity index (χ3v) is 2.22. The molecule has 0 aliphatic carbocycles. The molecule has 0 fully saturated rings. The van der Waals surface area contributed by atoms with Crippen molar-refractivity contribution in [1.29, 1.82) is 0 Å². The fraction of sp³-hybridized carbons (Fsp3) is 0.333. The zero-order valence-corrected chi connectivity index (χ0v) is 8.70. The van der Waals surface area contributed by atoms with Gasteiger partial charge in [-0.05, 0) is 23.6 Å². The van der Waals surface area contributed by atoms with Crippen LogP contribution in [0, 0.1) is 5.92 Å². The van der Waals surface area contributed by atoms with Gasteiger partial charge in [-0.25, -0.2) is 0 Å². The summed E-state index contributed by atoms with van der Waals surface area (Å²) < 4.78 is 0. The Bertz CT molecular complexity index is 312. The van der Waals surface area contributed by atoms with Crippen molar-refractivity contribution >= 4 is 6.08 Å². The van der Waals surface area contributed by atoms with Crippen LogP contribution in [-0.4, -0.2) is 11.7 Å². The van der Waals surface area contributed by atoms with E-state index in [1.54, 1.807) is 12.1 Å². The van der Waals surface area contributed by atoms with Crippen LogP contribution in [0.25, 0.3) is 6.08 Å². The molecule has 2 nitrogen and oxygen atoms in total. The second kappa shape index (κ2) is 4.82. The molecule has 0 radical (unpaired) electrons. The van der Waals surface area contributed by atoms with Crippen LogP contribution in [0.1, 0.15) is 19.4 Å². The lowest BCUT2D eigenvalue weighted by molar-refractivity contribution is 0.475. The predicted octanol–water partition coefficient (Wildman–Crippen LogP) is 2.39. The quantitative estimate of drug-likeness (QED) is 0.770. The van der Waals surface area contributed by atoms with Crippen LogP contribution >= 0.6 is 0 Å². The molecule has 1 aromatic rings. The Balaban J connectivity index is 2.89. The second-order valence-electron chi connectivity index (χ2n) is 3.67. The summed E-state index contributed by atoms with van der Waals surface area (Å²) in [5.74, 6) is 0.759. The molecule has 3 N–H and O–H groups in total. The molecule has 0 spiro atoms. The van der Waals surface area contributed by atoms with Crippen molar-refractivity contribution in [3.05, 3.63) is 35.4 Å². The summed E-state index contributed by atoms with van der Waals surface area (Å²) in [5, 5.41) is 9.11. The van der Waals surface area contributed by atoms with E-state index in [-0.39, 0.29) is 0 Å². The topological polar surface area (TPSA) is 46.2 Å². The molecular formula is C12H17NO. The fourth-order valence-corrected chi connectivity index (χ4v) is 1.25. The Morgan fingerprint density at radius 3 is 2.36 bits per heavy atom. The predicted molar refractivity (Wildman–Crippen MR) is 60.0 cm³/mol. The highest BCUT2D eigenvalue weighted by molar-refractivity contribution is 5.54. The van der Waals surface area contributed by atoms with Gasteiger partial charge in [-0.1, -0.05) is 37.6 Å². The first-order chi connectivity index (χ1) is 6.63. The largest absolute Gasteiger partial charge is 0.508 e. The zero-order valence-electron chi connectivity index (χ0n) is 8.70. The molecule has 0 atom stereocenters. The molecule has 0 aromatic heterocycles. The van der Waals surface area contributed by atoms with Gasteiger partial charge in [0, 0.05) is 6.54 Å². The smallest absolute Gasteiger partial charge is 0.115 e. The van der Waals surface area contributed by atoms with Crippen LogP contribution in [-0.2, 0) is 0 Å². The molecule has 0 unspecified atom stereocenters. The molecule has 14 heavy (non-hydrogen) atoms. The second-order valence-corrected chi connectivity index (χ2v) is 3.67. The van der Waals surface area contributed by atoms with Crippen LogP contribution in [0.15, 0.2) is 29.8 Å². The maximum atomic E-state index is 9.11. The van der Waals surface area contributed by atoms with Crippen LogP contribution in [0.5, 0.6) is 5.75 Å². The van der Waals surface area contributed by atoms with Crippen LogP contribution in [0.3, 0.4) is 0 Å². The molecule has 0 aliphatic rings. The van der Waals surface area contributed by atoms with Gasteiger partial charge in [0.15, 0.2) is 0 Å². The number of hydrogen-bond acceptors (Lipinski definition) is 2. The van der Waals surface area contributed by atoms with Crippen molar-refractivity contribution in [2.45, 2.75) is 13.8 Å². The van der Waals surface area contributed by atoms with E-state index in [9.17, 15) is 0 Å². The first kappa shape index (κ1) is 10.8. The fourth-order valence-electron chi connectivity index (χ4n) is 1.25. The molecule has 1 aromatic carbocycles. The average Bonchev–Trinajstić information content (AvgIpc) is 2.16. The van der Waals surface area contributed by atoms with Crippen LogP contribution in [0.4, 0.5) is 0 Å². The number of phenols is 1. The minimum atomic E-state index is 0.293. The monoisotopic (exact) mass is 191 g/mol. The standard InChI is InChI=1S/C12H17NO/c1-9(2)11(8-13)7-10-3-5-12(14)6-4-10/h3-7,9,14H,8,13H2,1-2H3/b11-7+. The highest BCUT2D eigenvalue weighted by Crippen LogP contribution is 2.16. The van der Waals surface area contributed by atoms with Gasteiger partial charge in [0.25, 0.3) is 0 Å². The lowest BCUT2D eigenvalue weighted by Gasteiger charge is -2.08. The van der Waals surface area contributed by atoms with Crippen molar-refractivity contribution in [2.24, 2.45) is 11.7 Å². The van der Waals surface area contributed by atoms with Gasteiger partial charge in [0.05, 0.1) is 0 Å². The minimum Gasteiger partial charge on any atom is -0.508 e. The highest BCUT2D eigenvalue weighted by atomic mass is 16.3. The number of nitrogens with two attached hydrogens (primary N) is 1. The number of rotatable bonds is 3. The molecule has 2 heteroatoms. The van der Waals surface area contributed by atoms with Gasteiger partial charge < -0.3 is 10.8 Å². The molecule has 0 saturated heterocycles. The summed E-state index contributed by atoms with van der Waals surface area (Å²) in [6.07, 6.45) is 2.07. The zero-order chi connectivity index (χ0) is 10.6. The summed E-state index contributed by atoms with van der Waals surface area (Å²) in [4.78, 5) is 0. The van der Waals surface area contributed by atoms with E-state index in [0.717, 1.165) is 5.56 Å². The maximum Gasteiger partial charge on any atom is 0.115 e. The summed E-state index contributed by atoms with van der Waals surface area (Å²) in [6, 6.07) is 7.13. The Hall–Kier alpha value is -1.28. The third-order valence-electron chi connectivity index (χ3n) is 2.22. The Labute approximate surface area is 85.1 Å². The van der Waals surface area contributed by atoms with E-state index in [2.05, 4.69) is 19.9 Å². The average molecular weight is 191 g/mol. The molecule has 1 rings (SSSR count). The number of hydrogen-bond donors (Lipinski definition) is 2. The maximum absolute atomic E-state index is 9.11.